The number of amides is 1. The van der Waals surface area contributed by atoms with Gasteiger partial charge in [0.25, 0.3) is 11.5 Å². The molecule has 1 amide bonds. The van der Waals surface area contributed by atoms with Crippen molar-refractivity contribution in [3.8, 4) is 39.3 Å². The number of carbonyl (C=O) groups excluding carboxylic acids is 1. The summed E-state index contributed by atoms with van der Waals surface area (Å²) in [4.78, 5) is 35.2. The predicted octanol–water partition coefficient (Wildman–Crippen LogP) is 6.02. The van der Waals surface area contributed by atoms with Crippen molar-refractivity contribution >= 4 is 34.9 Å². The van der Waals surface area contributed by atoms with E-state index in [0.717, 1.165) is 11.1 Å². The highest BCUT2D eigenvalue weighted by atomic mass is 35.5. The molecule has 3 heterocycles. The number of rotatable bonds is 7. The number of piperazine rings is 1. The number of nitrogens with one attached hydrogen (secondary N) is 1. The first-order chi connectivity index (χ1) is 20.3. The Balaban J connectivity index is 1.81. The summed E-state index contributed by atoms with van der Waals surface area (Å²) in [5, 5.41) is 16.0. The van der Waals surface area contributed by atoms with Gasteiger partial charge in [0.05, 0.1) is 46.4 Å². The number of benzene rings is 2. The molecule has 0 spiro atoms. The van der Waals surface area contributed by atoms with Gasteiger partial charge in [0.2, 0.25) is 0 Å². The van der Waals surface area contributed by atoms with E-state index in [1.807, 2.05) is 44.4 Å². The number of nitrogens with zero attached hydrogens (tertiary/aromatic N) is 4. The van der Waals surface area contributed by atoms with E-state index < -0.39 is 0 Å². The number of ether oxygens (including phenoxy) is 1. The fourth-order valence-electron chi connectivity index (χ4n) is 4.84. The summed E-state index contributed by atoms with van der Waals surface area (Å²) in [5.41, 5.74) is 3.94. The molecule has 1 aliphatic rings. The predicted molar refractivity (Wildman–Crippen MR) is 168 cm³/mol. The minimum atomic E-state index is -0.368. The van der Waals surface area contributed by atoms with E-state index in [0.29, 0.717) is 76.8 Å². The molecule has 1 aliphatic heterocycles. The maximum Gasteiger partial charge on any atom is 0.266 e. The normalized spacial score (nSPS) is 13.0. The van der Waals surface area contributed by atoms with E-state index in [-0.39, 0.29) is 17.0 Å². The second kappa shape index (κ2) is 12.7. The molecule has 2 aromatic heterocycles. The summed E-state index contributed by atoms with van der Waals surface area (Å²) < 4.78 is 7.42. The highest BCUT2D eigenvalue weighted by Gasteiger charge is 2.27. The van der Waals surface area contributed by atoms with Crippen molar-refractivity contribution in [1.29, 1.82) is 5.26 Å². The zero-order chi connectivity index (χ0) is 29.8. The van der Waals surface area contributed by atoms with Gasteiger partial charge in [-0.2, -0.15) is 5.26 Å². The molecule has 10 heteroatoms. The lowest BCUT2D eigenvalue weighted by atomic mass is 10.0. The third kappa shape index (κ3) is 6.02. The summed E-state index contributed by atoms with van der Waals surface area (Å²) >= 11 is 7.40. The molecule has 0 aliphatic carbocycles. The molecule has 0 saturated carbocycles. The van der Waals surface area contributed by atoms with Gasteiger partial charge in [-0.3, -0.25) is 14.2 Å². The van der Waals surface area contributed by atoms with Crippen molar-refractivity contribution in [2.45, 2.75) is 20.8 Å². The average Bonchev–Trinajstić information content (AvgIpc) is 3.48. The van der Waals surface area contributed by atoms with Gasteiger partial charge in [0.1, 0.15) is 10.8 Å². The molecular weight excluding hydrogens is 570 g/mol. The fraction of sp³-hybridized carbons (Fsp3) is 0.250. The fourth-order valence-corrected chi connectivity index (χ4v) is 5.80. The minimum Gasteiger partial charge on any atom is -0.492 e. The van der Waals surface area contributed by atoms with Crippen LogP contribution in [0, 0.1) is 11.3 Å². The number of aromatic nitrogens is 2. The number of hydrogen-bond donors (Lipinski definition) is 1. The van der Waals surface area contributed by atoms with Crippen LogP contribution >= 0.6 is 22.9 Å². The van der Waals surface area contributed by atoms with Gasteiger partial charge < -0.3 is 15.0 Å². The minimum absolute atomic E-state index is 0.178. The standard InChI is InChI=1S/C32H30ClN5O3S/c1-4-41-29-10-5-21(18-34)16-28(29)38-27(15-20(2)3)24(31(39)37-13-11-35-12-14-37)17-25(32(38)40)30-36-26(19-42-30)22-6-8-23(33)9-7-22/h5-10,15-17,19,35H,4,11-14H2,1-3H3. The second-order valence-corrected chi connectivity index (χ2v) is 11.3. The Morgan fingerprint density at radius 1 is 1.17 bits per heavy atom. The average molecular weight is 600 g/mol. The van der Waals surface area contributed by atoms with Crippen LogP contribution in [0.3, 0.4) is 0 Å². The SMILES string of the molecule is CCOc1ccc(C#N)cc1-n1c(C=C(C)C)c(C(=O)N2CCNCC2)cc(-c2nc(-c3ccc(Cl)cc3)cs2)c1=O. The van der Waals surface area contributed by atoms with Crippen molar-refractivity contribution < 1.29 is 9.53 Å². The lowest BCUT2D eigenvalue weighted by Crippen LogP contribution is -2.47. The van der Waals surface area contributed by atoms with Gasteiger partial charge in [-0.15, -0.1) is 11.3 Å². The molecule has 214 valence electrons. The van der Waals surface area contributed by atoms with Crippen molar-refractivity contribution in [2.24, 2.45) is 0 Å². The maximum atomic E-state index is 14.5. The Kier molecular flexibility index (Phi) is 8.88. The number of hydrogen-bond acceptors (Lipinski definition) is 7. The Labute approximate surface area is 253 Å². The molecule has 2 aromatic carbocycles. The molecule has 8 nitrogen and oxygen atoms in total. The lowest BCUT2D eigenvalue weighted by Gasteiger charge is -2.29. The summed E-state index contributed by atoms with van der Waals surface area (Å²) in [6.07, 6.45) is 1.83. The highest BCUT2D eigenvalue weighted by Crippen LogP contribution is 2.32. The van der Waals surface area contributed by atoms with Crippen molar-refractivity contribution in [1.82, 2.24) is 19.8 Å². The summed E-state index contributed by atoms with van der Waals surface area (Å²) in [6.45, 7) is 8.51. The van der Waals surface area contributed by atoms with E-state index in [9.17, 15) is 14.9 Å². The van der Waals surface area contributed by atoms with Crippen LogP contribution in [0.25, 0.3) is 33.6 Å². The van der Waals surface area contributed by atoms with Crippen LogP contribution in [0.5, 0.6) is 5.75 Å². The number of pyridine rings is 1. The number of carbonyl (C=O) groups is 1. The molecule has 0 bridgehead atoms. The zero-order valence-electron chi connectivity index (χ0n) is 23.6. The molecule has 1 fully saturated rings. The Hall–Kier alpha value is -4.23. The first kappa shape index (κ1) is 29.3. The van der Waals surface area contributed by atoms with E-state index in [2.05, 4.69) is 11.4 Å². The van der Waals surface area contributed by atoms with Crippen molar-refractivity contribution in [3.05, 3.63) is 91.7 Å². The quantitative estimate of drug-likeness (QED) is 0.279. The van der Waals surface area contributed by atoms with Crippen LogP contribution in [-0.2, 0) is 0 Å². The summed E-state index contributed by atoms with van der Waals surface area (Å²) in [7, 11) is 0. The smallest absolute Gasteiger partial charge is 0.266 e. The molecule has 1 saturated heterocycles. The van der Waals surface area contributed by atoms with E-state index in [4.69, 9.17) is 21.3 Å². The largest absolute Gasteiger partial charge is 0.492 e. The Bertz CT molecular complexity index is 1760. The number of halogens is 1. The summed E-state index contributed by atoms with van der Waals surface area (Å²) in [6, 6.07) is 16.1. The maximum absolute atomic E-state index is 14.5. The van der Waals surface area contributed by atoms with Crippen molar-refractivity contribution in [2.75, 3.05) is 32.8 Å². The van der Waals surface area contributed by atoms with Gasteiger partial charge in [-0.05, 0) is 63.2 Å². The molecule has 1 N–H and O–H groups in total. The third-order valence-corrected chi connectivity index (χ3v) is 7.93. The first-order valence-corrected chi connectivity index (χ1v) is 14.9. The molecule has 0 unspecified atom stereocenters. The van der Waals surface area contributed by atoms with Crippen LogP contribution in [0.15, 0.2) is 64.3 Å². The lowest BCUT2D eigenvalue weighted by molar-refractivity contribution is 0.0735. The molecule has 5 rings (SSSR count). The van der Waals surface area contributed by atoms with Crippen molar-refractivity contribution in [3.63, 3.8) is 0 Å². The second-order valence-electron chi connectivity index (χ2n) is 10.0. The number of nitriles is 1. The van der Waals surface area contributed by atoms with Gasteiger partial charge >= 0.3 is 0 Å². The van der Waals surface area contributed by atoms with Crippen LogP contribution in [0.4, 0.5) is 0 Å². The molecular formula is C32H30ClN5O3S. The molecule has 42 heavy (non-hydrogen) atoms. The van der Waals surface area contributed by atoms with Crippen LogP contribution in [0.2, 0.25) is 5.02 Å². The zero-order valence-corrected chi connectivity index (χ0v) is 25.2. The monoisotopic (exact) mass is 599 g/mol. The first-order valence-electron chi connectivity index (χ1n) is 13.6. The van der Waals surface area contributed by atoms with Gasteiger partial charge in [-0.25, -0.2) is 4.98 Å². The molecule has 4 aromatic rings. The highest BCUT2D eigenvalue weighted by molar-refractivity contribution is 7.13. The van der Waals surface area contributed by atoms with Gasteiger partial charge in [-0.1, -0.05) is 29.3 Å². The number of allylic oxidation sites excluding steroid dienone is 1. The van der Waals surface area contributed by atoms with Gasteiger partial charge in [0.15, 0.2) is 0 Å². The number of thiazole rings is 1. The Morgan fingerprint density at radius 2 is 1.90 bits per heavy atom. The third-order valence-electron chi connectivity index (χ3n) is 6.80. The van der Waals surface area contributed by atoms with E-state index in [1.54, 1.807) is 41.3 Å². The Morgan fingerprint density at radius 3 is 2.57 bits per heavy atom. The molecule has 0 radical (unpaired) electrons. The summed E-state index contributed by atoms with van der Waals surface area (Å²) in [5.74, 6) is 0.253. The van der Waals surface area contributed by atoms with Crippen LogP contribution in [-0.4, -0.2) is 53.1 Å². The molecule has 0 atom stereocenters. The van der Waals surface area contributed by atoms with E-state index >= 15 is 0 Å². The van der Waals surface area contributed by atoms with Crippen LogP contribution in [0.1, 0.15) is 42.4 Å². The van der Waals surface area contributed by atoms with E-state index in [1.165, 1.54) is 15.9 Å². The topological polar surface area (TPSA) is 100 Å². The van der Waals surface area contributed by atoms with Crippen LogP contribution < -0.4 is 15.6 Å². The van der Waals surface area contributed by atoms with Gasteiger partial charge in [0, 0.05) is 42.1 Å².